The Morgan fingerprint density at radius 3 is 2.74 bits per heavy atom. The van der Waals surface area contributed by atoms with Crippen LogP contribution >= 0.6 is 22.7 Å². The highest BCUT2D eigenvalue weighted by Crippen LogP contribution is 2.35. The van der Waals surface area contributed by atoms with Crippen LogP contribution in [0.2, 0.25) is 0 Å². The first-order valence-electron chi connectivity index (χ1n) is 8.98. The monoisotopic (exact) mass is 464 g/mol. The van der Waals surface area contributed by atoms with E-state index >= 15 is 0 Å². The molecule has 0 spiro atoms. The van der Waals surface area contributed by atoms with Gasteiger partial charge >= 0.3 is 6.18 Å². The van der Waals surface area contributed by atoms with Gasteiger partial charge in [0.25, 0.3) is 5.91 Å². The number of hydrogen-bond donors (Lipinski definition) is 2. The number of furan rings is 1. The Balaban J connectivity index is 1.46. The minimum atomic E-state index is -4.52. The number of anilines is 2. The molecule has 0 bridgehead atoms. The van der Waals surface area contributed by atoms with Crippen molar-refractivity contribution in [2.45, 2.75) is 19.6 Å². The first kappa shape index (κ1) is 21.1. The Labute approximate surface area is 182 Å². The summed E-state index contributed by atoms with van der Waals surface area (Å²) < 4.78 is 43.9. The Morgan fingerprint density at radius 1 is 1.16 bits per heavy atom. The fourth-order valence-electron chi connectivity index (χ4n) is 2.73. The maximum Gasteiger partial charge on any atom is 0.416 e. The molecule has 0 unspecified atom stereocenters. The van der Waals surface area contributed by atoms with Gasteiger partial charge in [-0.3, -0.25) is 10.1 Å². The Hall–Kier alpha value is -3.18. The van der Waals surface area contributed by atoms with Crippen LogP contribution in [0.25, 0.3) is 10.6 Å². The van der Waals surface area contributed by atoms with Crippen LogP contribution < -0.4 is 10.6 Å². The number of aryl methyl sites for hydroxylation is 1. The number of thiazole rings is 2. The molecule has 4 aromatic rings. The van der Waals surface area contributed by atoms with Crippen molar-refractivity contribution in [2.75, 3.05) is 10.6 Å². The number of nitrogens with zero attached hydrogens (tertiary/aromatic N) is 2. The highest BCUT2D eigenvalue weighted by molar-refractivity contribution is 7.20. The second-order valence-corrected chi connectivity index (χ2v) is 8.29. The van der Waals surface area contributed by atoms with Gasteiger partial charge in [-0.05, 0) is 37.3 Å². The highest BCUT2D eigenvalue weighted by atomic mass is 32.1. The summed E-state index contributed by atoms with van der Waals surface area (Å²) in [6.07, 6.45) is -2.92. The molecule has 11 heteroatoms. The zero-order valence-corrected chi connectivity index (χ0v) is 17.6. The molecular formula is C20H15F3N4O2S2. The summed E-state index contributed by atoms with van der Waals surface area (Å²) in [6, 6.07) is 7.91. The van der Waals surface area contributed by atoms with Crippen molar-refractivity contribution in [3.63, 3.8) is 0 Å². The highest BCUT2D eigenvalue weighted by Gasteiger charge is 2.31. The van der Waals surface area contributed by atoms with Crippen molar-refractivity contribution in [1.29, 1.82) is 0 Å². The minimum Gasteiger partial charge on any atom is -0.467 e. The summed E-state index contributed by atoms with van der Waals surface area (Å²) in [4.78, 5) is 22.0. The molecule has 0 aliphatic heterocycles. The summed E-state index contributed by atoms with van der Waals surface area (Å²) in [5, 5.41) is 8.59. The molecule has 2 N–H and O–H groups in total. The predicted octanol–water partition coefficient (Wildman–Crippen LogP) is 6.05. The molecule has 4 rings (SSSR count). The van der Waals surface area contributed by atoms with Crippen LogP contribution in [0.4, 0.5) is 23.4 Å². The summed E-state index contributed by atoms with van der Waals surface area (Å²) in [6.45, 7) is 2.28. The maximum atomic E-state index is 12.9. The third kappa shape index (κ3) is 4.94. The van der Waals surface area contributed by atoms with E-state index in [-0.39, 0.29) is 10.7 Å². The van der Waals surface area contributed by atoms with Crippen LogP contribution in [-0.2, 0) is 12.7 Å². The van der Waals surface area contributed by atoms with Crippen molar-refractivity contribution in [3.05, 3.63) is 70.6 Å². The second kappa shape index (κ2) is 8.52. The topological polar surface area (TPSA) is 80.0 Å². The van der Waals surface area contributed by atoms with Gasteiger partial charge in [-0.1, -0.05) is 17.4 Å². The number of rotatable bonds is 6. The number of aromatic nitrogens is 2. The van der Waals surface area contributed by atoms with Crippen molar-refractivity contribution in [2.24, 2.45) is 0 Å². The Bertz CT molecular complexity index is 1200. The number of carbonyl (C=O) groups is 1. The molecular weight excluding hydrogens is 449 g/mol. The number of nitrogens with one attached hydrogen (secondary N) is 2. The number of benzene rings is 1. The normalized spacial score (nSPS) is 11.5. The van der Waals surface area contributed by atoms with E-state index in [0.717, 1.165) is 22.8 Å². The number of alkyl halides is 3. The molecule has 6 nitrogen and oxygen atoms in total. The number of carbonyl (C=O) groups excluding carboxylic acids is 1. The van der Waals surface area contributed by atoms with E-state index in [4.69, 9.17) is 4.42 Å². The summed E-state index contributed by atoms with van der Waals surface area (Å²) in [5.41, 5.74) is 0.379. The van der Waals surface area contributed by atoms with E-state index in [0.29, 0.717) is 23.1 Å². The summed E-state index contributed by atoms with van der Waals surface area (Å²) in [5.74, 6) is 0.121. The van der Waals surface area contributed by atoms with E-state index in [1.807, 2.05) is 11.4 Å². The fraction of sp³-hybridized carbons (Fsp3) is 0.150. The van der Waals surface area contributed by atoms with Crippen molar-refractivity contribution >= 4 is 38.8 Å². The molecule has 0 radical (unpaired) electrons. The summed E-state index contributed by atoms with van der Waals surface area (Å²) in [7, 11) is 0. The molecule has 1 aromatic carbocycles. The molecule has 3 aromatic heterocycles. The molecule has 0 fully saturated rings. The van der Waals surface area contributed by atoms with Gasteiger partial charge in [-0.15, -0.1) is 11.3 Å². The Kier molecular flexibility index (Phi) is 5.79. The van der Waals surface area contributed by atoms with Crippen LogP contribution in [0.5, 0.6) is 0 Å². The van der Waals surface area contributed by atoms with Crippen LogP contribution in [0.15, 0.2) is 52.5 Å². The smallest absolute Gasteiger partial charge is 0.416 e. The molecule has 0 saturated carbocycles. The first-order chi connectivity index (χ1) is 14.8. The van der Waals surface area contributed by atoms with Gasteiger partial charge in [0.1, 0.15) is 5.76 Å². The molecule has 1 amide bonds. The SMILES string of the molecule is Cc1nc(NC(=O)c2cccc(C(F)(F)F)c2)sc1-c1csc(NCc2ccco2)n1. The third-order valence-electron chi connectivity index (χ3n) is 4.20. The quantitative estimate of drug-likeness (QED) is 0.363. The zero-order chi connectivity index (χ0) is 22.0. The largest absolute Gasteiger partial charge is 0.467 e. The van der Waals surface area contributed by atoms with E-state index < -0.39 is 17.6 Å². The lowest BCUT2D eigenvalue weighted by Gasteiger charge is -2.08. The molecule has 31 heavy (non-hydrogen) atoms. The Morgan fingerprint density at radius 2 is 2.00 bits per heavy atom. The van der Waals surface area contributed by atoms with Gasteiger partial charge in [0, 0.05) is 10.9 Å². The van der Waals surface area contributed by atoms with Crippen molar-refractivity contribution < 1.29 is 22.4 Å². The van der Waals surface area contributed by atoms with Gasteiger partial charge in [0.05, 0.1) is 34.6 Å². The third-order valence-corrected chi connectivity index (χ3v) is 6.10. The van der Waals surface area contributed by atoms with Gasteiger partial charge in [0.15, 0.2) is 10.3 Å². The summed E-state index contributed by atoms with van der Waals surface area (Å²) >= 11 is 2.63. The van der Waals surface area contributed by atoms with E-state index in [2.05, 4.69) is 20.6 Å². The lowest BCUT2D eigenvalue weighted by atomic mass is 10.1. The molecule has 0 aliphatic carbocycles. The van der Waals surface area contributed by atoms with Crippen molar-refractivity contribution in [1.82, 2.24) is 9.97 Å². The molecule has 0 atom stereocenters. The standard InChI is InChI=1S/C20H15F3N4O2S2/c1-11-16(15-10-30-18(26-15)24-9-14-6-3-7-29-14)31-19(25-11)27-17(28)12-4-2-5-13(8-12)20(21,22)23/h2-8,10H,9H2,1H3,(H,24,26)(H,25,27,28). The molecule has 0 saturated heterocycles. The van der Waals surface area contributed by atoms with Gasteiger partial charge in [-0.2, -0.15) is 13.2 Å². The van der Waals surface area contributed by atoms with Gasteiger partial charge in [0.2, 0.25) is 0 Å². The zero-order valence-electron chi connectivity index (χ0n) is 16.0. The molecule has 3 heterocycles. The molecule has 0 aliphatic rings. The lowest BCUT2D eigenvalue weighted by molar-refractivity contribution is -0.137. The van der Waals surface area contributed by atoms with E-state index in [1.54, 1.807) is 19.3 Å². The average Bonchev–Trinajstić information content (AvgIpc) is 3.47. The lowest BCUT2D eigenvalue weighted by Crippen LogP contribution is -2.13. The average molecular weight is 464 g/mol. The van der Waals surface area contributed by atoms with Gasteiger partial charge in [-0.25, -0.2) is 9.97 Å². The van der Waals surface area contributed by atoms with Crippen LogP contribution in [0, 0.1) is 6.92 Å². The van der Waals surface area contributed by atoms with E-state index in [1.165, 1.54) is 34.8 Å². The second-order valence-electron chi connectivity index (χ2n) is 6.44. The predicted molar refractivity (Wildman–Crippen MR) is 113 cm³/mol. The van der Waals surface area contributed by atoms with Crippen LogP contribution in [-0.4, -0.2) is 15.9 Å². The number of amides is 1. The van der Waals surface area contributed by atoms with Crippen molar-refractivity contribution in [3.8, 4) is 10.6 Å². The van der Waals surface area contributed by atoms with Crippen LogP contribution in [0.1, 0.15) is 27.4 Å². The number of halogens is 3. The van der Waals surface area contributed by atoms with E-state index in [9.17, 15) is 18.0 Å². The minimum absolute atomic E-state index is 0.0951. The van der Waals surface area contributed by atoms with Gasteiger partial charge < -0.3 is 9.73 Å². The molecule has 160 valence electrons. The first-order valence-corrected chi connectivity index (χ1v) is 10.7. The maximum absolute atomic E-state index is 12.9. The van der Waals surface area contributed by atoms with Crippen LogP contribution in [0.3, 0.4) is 0 Å². The number of hydrogen-bond acceptors (Lipinski definition) is 7. The fourth-order valence-corrected chi connectivity index (χ4v) is 4.43.